The first-order valence-electron chi connectivity index (χ1n) is 13.5. The second kappa shape index (κ2) is 10.1. The van der Waals surface area contributed by atoms with E-state index in [1.54, 1.807) is 11.6 Å². The molecule has 0 saturated carbocycles. The van der Waals surface area contributed by atoms with E-state index in [4.69, 9.17) is 4.74 Å². The highest BCUT2D eigenvalue weighted by Crippen LogP contribution is 2.31. The molecule has 1 aromatic carbocycles. The topological polar surface area (TPSA) is 118 Å². The molecule has 2 atom stereocenters. The van der Waals surface area contributed by atoms with E-state index >= 15 is 0 Å². The van der Waals surface area contributed by atoms with Crippen molar-refractivity contribution in [1.82, 2.24) is 24.7 Å². The molecule has 2 aromatic rings. The molecule has 11 nitrogen and oxygen atoms in total. The van der Waals surface area contributed by atoms with Crippen molar-refractivity contribution in [1.29, 1.82) is 0 Å². The number of imidazole rings is 1. The molecule has 0 bridgehead atoms. The summed E-state index contributed by atoms with van der Waals surface area (Å²) in [6.07, 6.45) is 2.18. The molecule has 4 heterocycles. The molecule has 2 unspecified atom stereocenters. The van der Waals surface area contributed by atoms with Crippen molar-refractivity contribution in [2.24, 2.45) is 13.0 Å². The Labute approximate surface area is 222 Å². The minimum atomic E-state index is -0.692. The Morgan fingerprint density at radius 2 is 1.76 bits per heavy atom. The molecule has 3 aliphatic heterocycles. The van der Waals surface area contributed by atoms with Gasteiger partial charge in [-0.15, -0.1) is 0 Å². The van der Waals surface area contributed by atoms with Crippen LogP contribution in [0.1, 0.15) is 52.5 Å². The lowest BCUT2D eigenvalue weighted by atomic mass is 9.87. The zero-order chi connectivity index (χ0) is 27.2. The maximum absolute atomic E-state index is 13.1. The number of anilines is 1. The van der Waals surface area contributed by atoms with Crippen molar-refractivity contribution in [3.8, 4) is 0 Å². The number of carbonyl (C=O) groups excluding carboxylic acids is 3. The number of nitrogens with zero attached hydrogens (tertiary/aromatic N) is 4. The van der Waals surface area contributed by atoms with Crippen LogP contribution in [0.25, 0.3) is 11.0 Å². The second-order valence-electron chi connectivity index (χ2n) is 11.6. The van der Waals surface area contributed by atoms with Crippen LogP contribution in [-0.2, 0) is 21.4 Å². The number of fused-ring (bicyclic) bond motifs is 1. The summed E-state index contributed by atoms with van der Waals surface area (Å²) in [5.74, 6) is -0.365. The van der Waals surface area contributed by atoms with Crippen LogP contribution >= 0.6 is 0 Å². The number of aromatic nitrogens is 2. The number of benzene rings is 1. The predicted molar refractivity (Wildman–Crippen MR) is 143 cm³/mol. The molecule has 3 amide bonds. The van der Waals surface area contributed by atoms with Crippen LogP contribution in [0.5, 0.6) is 0 Å². The van der Waals surface area contributed by atoms with Gasteiger partial charge >= 0.3 is 11.8 Å². The number of carbonyl (C=O) groups is 3. The monoisotopic (exact) mass is 526 g/mol. The Bertz CT molecular complexity index is 1300. The highest BCUT2D eigenvalue weighted by Gasteiger charge is 2.37. The molecule has 38 heavy (non-hydrogen) atoms. The Hall–Kier alpha value is -3.34. The zero-order valence-corrected chi connectivity index (χ0v) is 22.7. The van der Waals surface area contributed by atoms with Crippen LogP contribution < -0.4 is 21.2 Å². The second-order valence-corrected chi connectivity index (χ2v) is 11.6. The van der Waals surface area contributed by atoms with Crippen LogP contribution in [0.15, 0.2) is 23.0 Å². The highest BCUT2D eigenvalue weighted by molar-refractivity contribution is 6.00. The number of amides is 3. The van der Waals surface area contributed by atoms with Gasteiger partial charge in [-0.3, -0.25) is 24.0 Å². The first kappa shape index (κ1) is 26.3. The maximum atomic E-state index is 13.1. The fourth-order valence-electron chi connectivity index (χ4n) is 6.01. The smallest absolute Gasteiger partial charge is 0.410 e. The number of rotatable bonds is 3. The van der Waals surface area contributed by atoms with Gasteiger partial charge in [0.1, 0.15) is 11.6 Å². The van der Waals surface area contributed by atoms with E-state index in [0.29, 0.717) is 24.4 Å². The number of piperidine rings is 2. The van der Waals surface area contributed by atoms with Gasteiger partial charge in [-0.2, -0.15) is 0 Å². The van der Waals surface area contributed by atoms with Gasteiger partial charge in [-0.05, 0) is 64.2 Å². The third-order valence-electron chi connectivity index (χ3n) is 7.95. The van der Waals surface area contributed by atoms with Gasteiger partial charge in [-0.25, -0.2) is 9.59 Å². The molecule has 3 aliphatic rings. The van der Waals surface area contributed by atoms with Crippen LogP contribution in [0.2, 0.25) is 0 Å². The van der Waals surface area contributed by atoms with E-state index in [9.17, 15) is 19.2 Å². The highest BCUT2D eigenvalue weighted by atomic mass is 16.6. The van der Waals surface area contributed by atoms with Gasteiger partial charge < -0.3 is 19.9 Å². The summed E-state index contributed by atoms with van der Waals surface area (Å²) >= 11 is 0. The summed E-state index contributed by atoms with van der Waals surface area (Å²) in [6.45, 7) is 9.56. The summed E-state index contributed by atoms with van der Waals surface area (Å²) < 4.78 is 8.76. The molecule has 3 fully saturated rings. The number of hydrogen-bond acceptors (Lipinski definition) is 7. The summed E-state index contributed by atoms with van der Waals surface area (Å²) in [7, 11) is 1.71. The number of aryl methyl sites for hydroxylation is 1. The van der Waals surface area contributed by atoms with Gasteiger partial charge in [0.2, 0.25) is 11.8 Å². The number of nitrogens with one attached hydrogen (secondary N) is 2. The van der Waals surface area contributed by atoms with E-state index in [1.165, 1.54) is 4.57 Å². The molecule has 3 saturated heterocycles. The normalized spacial score (nSPS) is 23.6. The predicted octanol–water partition coefficient (Wildman–Crippen LogP) is 1.74. The number of piperazine rings is 1. The molecule has 1 aromatic heterocycles. The first-order valence-corrected chi connectivity index (χ1v) is 13.5. The lowest BCUT2D eigenvalue weighted by Crippen LogP contribution is -2.58. The third kappa shape index (κ3) is 5.03. The van der Waals surface area contributed by atoms with Crippen molar-refractivity contribution in [2.75, 3.05) is 37.6 Å². The van der Waals surface area contributed by atoms with Gasteiger partial charge in [0.25, 0.3) is 0 Å². The Balaban J connectivity index is 1.31. The molecule has 0 radical (unpaired) electrons. The Kier molecular flexibility index (Phi) is 6.97. The molecule has 5 rings (SSSR count). The van der Waals surface area contributed by atoms with Gasteiger partial charge in [-0.1, -0.05) is 0 Å². The van der Waals surface area contributed by atoms with Gasteiger partial charge in [0.05, 0.1) is 17.1 Å². The summed E-state index contributed by atoms with van der Waals surface area (Å²) in [6, 6.07) is 5.32. The average molecular weight is 527 g/mol. The van der Waals surface area contributed by atoms with Crippen molar-refractivity contribution in [2.45, 2.75) is 64.1 Å². The quantitative estimate of drug-likeness (QED) is 0.585. The Morgan fingerprint density at radius 1 is 1.03 bits per heavy atom. The van der Waals surface area contributed by atoms with Crippen molar-refractivity contribution in [3.63, 3.8) is 0 Å². The lowest BCUT2D eigenvalue weighted by Gasteiger charge is -2.44. The molecule has 206 valence electrons. The fraction of sp³-hybridized carbons (Fsp3) is 0.630. The fourth-order valence-corrected chi connectivity index (χ4v) is 6.01. The van der Waals surface area contributed by atoms with Gasteiger partial charge in [0.15, 0.2) is 0 Å². The minimum absolute atomic E-state index is 0.103. The standard InChI is InChI=1S/C27H38N6O5/c1-27(2,3)38-26(37)32-14-11-28-16-22(32)17-9-12-31(13-10-17)18-5-6-19-21(15-18)30(4)25(36)33(19)20-7-8-23(34)29-24(20)35/h5-6,15,17,20,22,28H,7-14,16H2,1-4H3,(H,29,34,35). The number of imide groups is 1. The van der Waals surface area contributed by atoms with E-state index in [0.717, 1.165) is 50.2 Å². The molecule has 2 N–H and O–H groups in total. The van der Waals surface area contributed by atoms with Crippen LogP contribution in [0.4, 0.5) is 10.5 Å². The first-order chi connectivity index (χ1) is 18.0. The maximum Gasteiger partial charge on any atom is 0.410 e. The molecule has 0 aliphatic carbocycles. The Morgan fingerprint density at radius 3 is 2.45 bits per heavy atom. The molecular weight excluding hydrogens is 488 g/mol. The summed E-state index contributed by atoms with van der Waals surface area (Å²) in [4.78, 5) is 54.3. The van der Waals surface area contributed by atoms with Crippen LogP contribution in [0.3, 0.4) is 0 Å². The van der Waals surface area contributed by atoms with Crippen LogP contribution in [0, 0.1) is 5.92 Å². The van der Waals surface area contributed by atoms with Crippen molar-refractivity contribution in [3.05, 3.63) is 28.7 Å². The lowest BCUT2D eigenvalue weighted by molar-refractivity contribution is -0.135. The van der Waals surface area contributed by atoms with Gasteiger partial charge in [0, 0.05) is 51.9 Å². The van der Waals surface area contributed by atoms with Crippen molar-refractivity contribution >= 4 is 34.6 Å². The van der Waals surface area contributed by atoms with Crippen molar-refractivity contribution < 1.29 is 19.1 Å². The van der Waals surface area contributed by atoms with Crippen LogP contribution in [-0.4, -0.2) is 76.3 Å². The molecule has 0 spiro atoms. The van der Waals surface area contributed by atoms with E-state index < -0.39 is 17.6 Å². The van der Waals surface area contributed by atoms with E-state index in [2.05, 4.69) is 15.5 Å². The minimum Gasteiger partial charge on any atom is -0.444 e. The summed E-state index contributed by atoms with van der Waals surface area (Å²) in [5, 5.41) is 5.80. The summed E-state index contributed by atoms with van der Waals surface area (Å²) in [5.41, 5.74) is 1.68. The SMILES string of the molecule is Cn1c(=O)n(C2CCC(=O)NC2=O)c2ccc(N3CCC(C4CNCCN4C(=O)OC(C)(C)C)CC3)cc21. The average Bonchev–Trinajstić information content (AvgIpc) is 3.12. The largest absolute Gasteiger partial charge is 0.444 e. The van der Waals surface area contributed by atoms with E-state index in [-0.39, 0.29) is 30.2 Å². The number of ether oxygens (including phenoxy) is 1. The third-order valence-corrected chi connectivity index (χ3v) is 7.95. The molecule has 11 heteroatoms. The zero-order valence-electron chi connectivity index (χ0n) is 22.7. The molecular formula is C27H38N6O5. The number of hydrogen-bond donors (Lipinski definition) is 2. The van der Waals surface area contributed by atoms with E-state index in [1.807, 2.05) is 43.9 Å².